The van der Waals surface area contributed by atoms with Gasteiger partial charge in [-0.1, -0.05) is 12.5 Å². The van der Waals surface area contributed by atoms with E-state index in [1.807, 2.05) is 6.92 Å². The Morgan fingerprint density at radius 1 is 1.27 bits per heavy atom. The van der Waals surface area contributed by atoms with Crippen molar-refractivity contribution in [3.05, 3.63) is 41.7 Å². The molecule has 3 rings (SSSR count). The number of fused-ring (bicyclic) bond motifs is 1. The first-order chi connectivity index (χ1) is 14.2. The van der Waals surface area contributed by atoms with E-state index in [9.17, 15) is 4.39 Å². The number of aryl methyl sites for hydroxylation is 2. The predicted molar refractivity (Wildman–Crippen MR) is 127 cm³/mol. The SMILES string of the molecule is CN=C(NCCCc1nnc2n1CCCCC2)NCC(C)Oc1cccc(F)c1.I. The van der Waals surface area contributed by atoms with Gasteiger partial charge in [-0.15, -0.1) is 34.2 Å². The Labute approximate surface area is 194 Å². The number of aliphatic imine (C=N–C) groups is 1. The van der Waals surface area contributed by atoms with Gasteiger partial charge in [0, 0.05) is 39.0 Å². The molecule has 0 spiro atoms. The molecule has 9 heteroatoms. The quantitative estimate of drug-likeness (QED) is 0.237. The Morgan fingerprint density at radius 2 is 2.13 bits per heavy atom. The summed E-state index contributed by atoms with van der Waals surface area (Å²) in [6, 6.07) is 6.17. The number of ether oxygens (including phenoxy) is 1. The van der Waals surface area contributed by atoms with Gasteiger partial charge in [-0.05, 0) is 38.3 Å². The van der Waals surface area contributed by atoms with Gasteiger partial charge in [0.15, 0.2) is 5.96 Å². The van der Waals surface area contributed by atoms with Crippen LogP contribution in [-0.4, -0.2) is 47.0 Å². The first-order valence-electron chi connectivity index (χ1n) is 10.4. The molecule has 1 unspecified atom stereocenters. The number of rotatable bonds is 8. The molecule has 2 aromatic rings. The Kier molecular flexibility index (Phi) is 10.3. The number of benzene rings is 1. The maximum atomic E-state index is 13.2. The molecule has 1 aliphatic heterocycles. The zero-order chi connectivity index (χ0) is 20.5. The van der Waals surface area contributed by atoms with Gasteiger partial charge < -0.3 is 19.9 Å². The summed E-state index contributed by atoms with van der Waals surface area (Å²) in [5.74, 6) is 3.16. The smallest absolute Gasteiger partial charge is 0.191 e. The third kappa shape index (κ3) is 7.41. The summed E-state index contributed by atoms with van der Waals surface area (Å²) in [7, 11) is 1.74. The summed E-state index contributed by atoms with van der Waals surface area (Å²) in [5, 5.41) is 15.3. The molecule has 1 aromatic heterocycles. The van der Waals surface area contributed by atoms with Crippen molar-refractivity contribution in [2.75, 3.05) is 20.1 Å². The topological polar surface area (TPSA) is 76.4 Å². The van der Waals surface area contributed by atoms with Crippen molar-refractivity contribution in [3.63, 3.8) is 0 Å². The monoisotopic (exact) mass is 530 g/mol. The second-order valence-electron chi connectivity index (χ2n) is 7.36. The van der Waals surface area contributed by atoms with E-state index in [-0.39, 0.29) is 35.9 Å². The van der Waals surface area contributed by atoms with Crippen molar-refractivity contribution >= 4 is 29.9 Å². The molecule has 1 aliphatic rings. The molecule has 0 saturated heterocycles. The number of halogens is 2. The van der Waals surface area contributed by atoms with Crippen LogP contribution in [0.25, 0.3) is 0 Å². The van der Waals surface area contributed by atoms with Gasteiger partial charge in [0.2, 0.25) is 0 Å². The second kappa shape index (κ2) is 12.7. The molecule has 0 radical (unpaired) electrons. The molecule has 166 valence electrons. The third-order valence-electron chi connectivity index (χ3n) is 4.97. The van der Waals surface area contributed by atoms with Gasteiger partial charge in [-0.25, -0.2) is 4.39 Å². The van der Waals surface area contributed by atoms with Crippen LogP contribution in [-0.2, 0) is 19.4 Å². The van der Waals surface area contributed by atoms with Crippen molar-refractivity contribution in [3.8, 4) is 5.75 Å². The highest BCUT2D eigenvalue weighted by atomic mass is 127. The molecule has 1 atom stereocenters. The molecule has 0 saturated carbocycles. The zero-order valence-electron chi connectivity index (χ0n) is 17.7. The summed E-state index contributed by atoms with van der Waals surface area (Å²) in [5.41, 5.74) is 0. The highest BCUT2D eigenvalue weighted by molar-refractivity contribution is 14.0. The molecule has 2 heterocycles. The lowest BCUT2D eigenvalue weighted by Crippen LogP contribution is -2.42. The Bertz CT molecular complexity index is 813. The highest BCUT2D eigenvalue weighted by Crippen LogP contribution is 2.15. The van der Waals surface area contributed by atoms with E-state index in [2.05, 4.69) is 30.4 Å². The number of guanidine groups is 1. The molecule has 0 bridgehead atoms. The summed E-state index contributed by atoms with van der Waals surface area (Å²) >= 11 is 0. The maximum Gasteiger partial charge on any atom is 0.191 e. The van der Waals surface area contributed by atoms with Crippen LogP contribution in [0.15, 0.2) is 29.3 Å². The van der Waals surface area contributed by atoms with Gasteiger partial charge in [0.1, 0.15) is 29.3 Å². The lowest BCUT2D eigenvalue weighted by atomic mass is 10.2. The van der Waals surface area contributed by atoms with E-state index in [1.54, 1.807) is 19.2 Å². The van der Waals surface area contributed by atoms with Crippen LogP contribution in [0.1, 0.15) is 44.3 Å². The van der Waals surface area contributed by atoms with Gasteiger partial charge in [-0.2, -0.15) is 0 Å². The van der Waals surface area contributed by atoms with E-state index >= 15 is 0 Å². The Balaban J connectivity index is 0.00000320. The fourth-order valence-electron chi connectivity index (χ4n) is 3.46. The van der Waals surface area contributed by atoms with E-state index in [1.165, 1.54) is 31.4 Å². The molecular weight excluding hydrogens is 498 g/mol. The average molecular weight is 530 g/mol. The van der Waals surface area contributed by atoms with Crippen molar-refractivity contribution in [2.24, 2.45) is 4.99 Å². The minimum atomic E-state index is -0.301. The fraction of sp³-hybridized carbons (Fsp3) is 0.571. The molecule has 1 aromatic carbocycles. The lowest BCUT2D eigenvalue weighted by molar-refractivity contribution is 0.223. The second-order valence-corrected chi connectivity index (χ2v) is 7.36. The summed E-state index contributed by atoms with van der Waals surface area (Å²) in [4.78, 5) is 4.24. The van der Waals surface area contributed by atoms with E-state index in [0.717, 1.165) is 50.0 Å². The van der Waals surface area contributed by atoms with E-state index < -0.39 is 0 Å². The number of nitrogens with one attached hydrogen (secondary N) is 2. The number of nitrogens with zero attached hydrogens (tertiary/aromatic N) is 4. The van der Waals surface area contributed by atoms with Crippen LogP contribution in [0, 0.1) is 5.82 Å². The molecular formula is C21H32FIN6O. The summed E-state index contributed by atoms with van der Waals surface area (Å²) in [6.45, 7) is 4.33. The van der Waals surface area contributed by atoms with Crippen LogP contribution in [0.2, 0.25) is 0 Å². The lowest BCUT2D eigenvalue weighted by Gasteiger charge is -2.17. The molecule has 0 fully saturated rings. The normalized spacial score (nSPS) is 14.8. The predicted octanol–water partition coefficient (Wildman–Crippen LogP) is 3.33. The number of hydrogen-bond donors (Lipinski definition) is 2. The number of hydrogen-bond acceptors (Lipinski definition) is 4. The van der Waals surface area contributed by atoms with Crippen LogP contribution in [0.3, 0.4) is 0 Å². The minimum absolute atomic E-state index is 0. The van der Waals surface area contributed by atoms with E-state index in [0.29, 0.717) is 12.3 Å². The molecule has 30 heavy (non-hydrogen) atoms. The standard InChI is InChI=1S/C21H31FN6O.HI/c1-16(29-18-9-6-8-17(22)14-18)15-25-21(23-2)24-12-7-11-20-27-26-19-10-4-3-5-13-28(19)20;/h6,8-9,14,16H,3-5,7,10-13,15H2,1-2H3,(H2,23,24,25);1H. The number of aromatic nitrogens is 3. The van der Waals surface area contributed by atoms with Gasteiger partial charge >= 0.3 is 0 Å². The maximum absolute atomic E-state index is 13.2. The largest absolute Gasteiger partial charge is 0.489 e. The highest BCUT2D eigenvalue weighted by Gasteiger charge is 2.14. The minimum Gasteiger partial charge on any atom is -0.489 e. The van der Waals surface area contributed by atoms with Crippen LogP contribution in [0.4, 0.5) is 4.39 Å². The fourth-order valence-corrected chi connectivity index (χ4v) is 3.46. The first-order valence-corrected chi connectivity index (χ1v) is 10.4. The van der Waals surface area contributed by atoms with Crippen molar-refractivity contribution < 1.29 is 9.13 Å². The van der Waals surface area contributed by atoms with Gasteiger partial charge in [-0.3, -0.25) is 4.99 Å². The Morgan fingerprint density at radius 3 is 2.93 bits per heavy atom. The zero-order valence-corrected chi connectivity index (χ0v) is 20.1. The van der Waals surface area contributed by atoms with Crippen molar-refractivity contribution in [1.29, 1.82) is 0 Å². The third-order valence-corrected chi connectivity index (χ3v) is 4.97. The molecule has 2 N–H and O–H groups in total. The first kappa shape index (κ1) is 24.4. The van der Waals surface area contributed by atoms with Gasteiger partial charge in [0.25, 0.3) is 0 Å². The van der Waals surface area contributed by atoms with Crippen molar-refractivity contribution in [1.82, 2.24) is 25.4 Å². The van der Waals surface area contributed by atoms with Crippen LogP contribution >= 0.6 is 24.0 Å². The van der Waals surface area contributed by atoms with E-state index in [4.69, 9.17) is 4.74 Å². The Hall–Kier alpha value is -1.91. The van der Waals surface area contributed by atoms with Gasteiger partial charge in [0.05, 0.1) is 6.54 Å². The molecule has 0 aliphatic carbocycles. The van der Waals surface area contributed by atoms with Crippen LogP contribution in [0.5, 0.6) is 5.75 Å². The molecule has 0 amide bonds. The summed E-state index contributed by atoms with van der Waals surface area (Å²) < 4.78 is 21.3. The molecule has 7 nitrogen and oxygen atoms in total. The van der Waals surface area contributed by atoms with Crippen LogP contribution < -0.4 is 15.4 Å². The van der Waals surface area contributed by atoms with Crippen molar-refractivity contribution in [2.45, 2.75) is 58.1 Å². The summed E-state index contributed by atoms with van der Waals surface area (Å²) in [6.07, 6.45) is 6.46. The average Bonchev–Trinajstić information content (AvgIpc) is 2.93.